The van der Waals surface area contributed by atoms with Gasteiger partial charge in [0.15, 0.2) is 5.41 Å². The number of hydrogen-bond acceptors (Lipinski definition) is 2. The maximum Gasteiger partial charge on any atom is 0.416 e. The van der Waals surface area contributed by atoms with Gasteiger partial charge in [-0.1, -0.05) is 18.2 Å². The SMILES string of the molecule is CN(C)C(=O)C1(C#N)C=C1c1ccccc1C(F)(F)F. The third-order valence-electron chi connectivity index (χ3n) is 3.14. The van der Waals surface area contributed by atoms with Gasteiger partial charge in [0.2, 0.25) is 0 Å². The molecule has 0 spiro atoms. The normalized spacial score (nSPS) is 20.9. The second kappa shape index (κ2) is 4.37. The van der Waals surface area contributed by atoms with Crippen LogP contribution in [-0.2, 0) is 11.0 Å². The second-order valence-electron chi connectivity index (χ2n) is 4.72. The van der Waals surface area contributed by atoms with Crippen molar-refractivity contribution in [1.82, 2.24) is 4.90 Å². The Morgan fingerprint density at radius 2 is 1.90 bits per heavy atom. The molecule has 104 valence electrons. The summed E-state index contributed by atoms with van der Waals surface area (Å²) in [6.07, 6.45) is -3.25. The minimum Gasteiger partial charge on any atom is -0.347 e. The number of hydrogen-bond donors (Lipinski definition) is 0. The maximum absolute atomic E-state index is 12.9. The lowest BCUT2D eigenvalue weighted by Crippen LogP contribution is -2.32. The standard InChI is InChI=1S/C14H11F3N2O/c1-19(2)12(20)13(8-18)7-11(13)9-5-3-4-6-10(9)14(15,16)17/h3-7H,1-2H3. The predicted octanol–water partition coefficient (Wildman–Crippen LogP) is 2.70. The van der Waals surface area contributed by atoms with E-state index >= 15 is 0 Å². The largest absolute Gasteiger partial charge is 0.416 e. The topological polar surface area (TPSA) is 44.1 Å². The summed E-state index contributed by atoms with van der Waals surface area (Å²) in [5, 5.41) is 9.17. The zero-order valence-electron chi connectivity index (χ0n) is 10.8. The van der Waals surface area contributed by atoms with Gasteiger partial charge in [0.05, 0.1) is 11.6 Å². The lowest BCUT2D eigenvalue weighted by molar-refractivity contribution is -0.138. The van der Waals surface area contributed by atoms with E-state index in [0.29, 0.717) is 0 Å². The fourth-order valence-electron chi connectivity index (χ4n) is 2.11. The Bertz CT molecular complexity index is 641. The quantitative estimate of drug-likeness (QED) is 0.836. The molecule has 1 aliphatic carbocycles. The molecular formula is C14H11F3N2O. The predicted molar refractivity (Wildman–Crippen MR) is 66.2 cm³/mol. The van der Waals surface area contributed by atoms with Crippen LogP contribution in [0.1, 0.15) is 11.1 Å². The van der Waals surface area contributed by atoms with Crippen molar-refractivity contribution < 1.29 is 18.0 Å². The van der Waals surface area contributed by atoms with Crippen LogP contribution in [0.2, 0.25) is 0 Å². The molecule has 0 bridgehead atoms. The first-order valence-corrected chi connectivity index (χ1v) is 5.77. The Morgan fingerprint density at radius 1 is 1.30 bits per heavy atom. The molecule has 20 heavy (non-hydrogen) atoms. The summed E-state index contributed by atoms with van der Waals surface area (Å²) < 4.78 is 38.8. The molecule has 1 amide bonds. The molecule has 0 radical (unpaired) electrons. The number of nitriles is 1. The smallest absolute Gasteiger partial charge is 0.347 e. The lowest BCUT2D eigenvalue weighted by atomic mass is 9.93. The van der Waals surface area contributed by atoms with Crippen LogP contribution in [0.4, 0.5) is 13.2 Å². The average molecular weight is 280 g/mol. The molecule has 3 nitrogen and oxygen atoms in total. The molecule has 1 aromatic rings. The average Bonchev–Trinajstić information content (AvgIpc) is 3.12. The van der Waals surface area contributed by atoms with E-state index in [4.69, 9.17) is 0 Å². The summed E-state index contributed by atoms with van der Waals surface area (Å²) in [6.45, 7) is 0. The van der Waals surface area contributed by atoms with Gasteiger partial charge in [0.1, 0.15) is 0 Å². The molecule has 0 fully saturated rings. The number of rotatable bonds is 2. The van der Waals surface area contributed by atoms with Gasteiger partial charge < -0.3 is 4.90 Å². The first kappa shape index (κ1) is 14.1. The Balaban J connectivity index is 2.45. The molecule has 1 aromatic carbocycles. The number of carbonyl (C=O) groups excluding carboxylic acids is 1. The highest BCUT2D eigenvalue weighted by Gasteiger charge is 2.54. The van der Waals surface area contributed by atoms with Crippen molar-refractivity contribution in [2.75, 3.05) is 14.1 Å². The van der Waals surface area contributed by atoms with E-state index < -0.39 is 23.1 Å². The molecule has 1 unspecified atom stereocenters. The highest BCUT2D eigenvalue weighted by molar-refractivity contribution is 6.11. The van der Waals surface area contributed by atoms with Gasteiger partial charge in [0, 0.05) is 14.1 Å². The maximum atomic E-state index is 12.9. The molecule has 0 saturated heterocycles. The summed E-state index contributed by atoms with van der Waals surface area (Å²) in [7, 11) is 2.92. The molecule has 1 aliphatic rings. The molecule has 1 atom stereocenters. The third-order valence-corrected chi connectivity index (χ3v) is 3.14. The fourth-order valence-corrected chi connectivity index (χ4v) is 2.11. The molecular weight excluding hydrogens is 269 g/mol. The summed E-state index contributed by atoms with van der Waals surface area (Å²) in [5.41, 5.74) is -2.40. The molecule has 0 saturated carbocycles. The van der Waals surface area contributed by atoms with Crippen molar-refractivity contribution >= 4 is 11.5 Å². The Labute approximate surface area is 113 Å². The summed E-state index contributed by atoms with van der Waals surface area (Å²) in [4.78, 5) is 13.2. The zero-order chi connectivity index (χ0) is 15.1. The molecule has 6 heteroatoms. The number of nitrogens with zero attached hydrogens (tertiary/aromatic N) is 2. The number of carbonyl (C=O) groups is 1. The molecule has 2 rings (SSSR count). The number of alkyl halides is 3. The number of halogens is 3. The van der Waals surface area contributed by atoms with Crippen molar-refractivity contribution in [2.24, 2.45) is 5.41 Å². The van der Waals surface area contributed by atoms with Crippen LogP contribution in [-0.4, -0.2) is 24.9 Å². The van der Waals surface area contributed by atoms with Gasteiger partial charge in [-0.05, 0) is 23.3 Å². The monoisotopic (exact) mass is 280 g/mol. The summed E-state index contributed by atoms with van der Waals surface area (Å²) in [5.74, 6) is -0.535. The second-order valence-corrected chi connectivity index (χ2v) is 4.72. The Hall–Kier alpha value is -2.29. The van der Waals surface area contributed by atoms with Gasteiger partial charge >= 0.3 is 6.18 Å². The van der Waals surface area contributed by atoms with Crippen molar-refractivity contribution in [3.63, 3.8) is 0 Å². The third kappa shape index (κ3) is 2.05. The van der Waals surface area contributed by atoms with E-state index in [-0.39, 0.29) is 11.1 Å². The molecule has 0 N–H and O–H groups in total. The van der Waals surface area contributed by atoms with E-state index in [2.05, 4.69) is 0 Å². The van der Waals surface area contributed by atoms with E-state index in [9.17, 15) is 23.2 Å². The van der Waals surface area contributed by atoms with E-state index in [1.165, 1.54) is 43.3 Å². The van der Waals surface area contributed by atoms with Crippen molar-refractivity contribution in [1.29, 1.82) is 5.26 Å². The first-order valence-electron chi connectivity index (χ1n) is 5.77. The molecule has 0 aromatic heterocycles. The van der Waals surface area contributed by atoms with Gasteiger partial charge in [-0.3, -0.25) is 4.79 Å². The van der Waals surface area contributed by atoms with Crippen LogP contribution in [0.5, 0.6) is 0 Å². The Morgan fingerprint density at radius 3 is 2.40 bits per heavy atom. The number of benzene rings is 1. The van der Waals surface area contributed by atoms with Crippen LogP contribution in [0.25, 0.3) is 5.57 Å². The summed E-state index contributed by atoms with van der Waals surface area (Å²) in [6, 6.07) is 6.75. The van der Waals surface area contributed by atoms with Crippen molar-refractivity contribution in [2.45, 2.75) is 6.18 Å². The van der Waals surface area contributed by atoms with Gasteiger partial charge in [-0.25, -0.2) is 0 Å². The van der Waals surface area contributed by atoms with Crippen molar-refractivity contribution in [3.05, 3.63) is 41.5 Å². The minimum absolute atomic E-state index is 0.114. The van der Waals surface area contributed by atoms with Crippen LogP contribution in [0, 0.1) is 16.7 Å². The highest BCUT2D eigenvalue weighted by Crippen LogP contribution is 2.53. The van der Waals surface area contributed by atoms with Crippen LogP contribution in [0.3, 0.4) is 0 Å². The molecule has 0 heterocycles. The summed E-state index contributed by atoms with van der Waals surface area (Å²) >= 11 is 0. The molecule has 0 aliphatic heterocycles. The number of amides is 1. The van der Waals surface area contributed by atoms with Gasteiger partial charge in [0.25, 0.3) is 5.91 Å². The Kier molecular flexibility index (Phi) is 3.09. The zero-order valence-corrected chi connectivity index (χ0v) is 10.8. The van der Waals surface area contributed by atoms with E-state index in [1.807, 2.05) is 6.07 Å². The van der Waals surface area contributed by atoms with Gasteiger partial charge in [-0.15, -0.1) is 0 Å². The van der Waals surface area contributed by atoms with Crippen LogP contribution >= 0.6 is 0 Å². The van der Waals surface area contributed by atoms with E-state index in [1.54, 1.807) is 0 Å². The highest BCUT2D eigenvalue weighted by atomic mass is 19.4. The van der Waals surface area contributed by atoms with Crippen molar-refractivity contribution in [3.8, 4) is 6.07 Å². The minimum atomic E-state index is -4.53. The van der Waals surface area contributed by atoms with Crippen LogP contribution in [0.15, 0.2) is 30.3 Å². The first-order chi connectivity index (χ1) is 9.24. The lowest BCUT2D eigenvalue weighted by Gasteiger charge is -2.17. The van der Waals surface area contributed by atoms with Gasteiger partial charge in [-0.2, -0.15) is 18.4 Å². The van der Waals surface area contributed by atoms with E-state index in [0.717, 1.165) is 6.07 Å². The van der Waals surface area contributed by atoms with Crippen LogP contribution < -0.4 is 0 Å². The fraction of sp³-hybridized carbons (Fsp3) is 0.286.